The zero-order valence-corrected chi connectivity index (χ0v) is 17.3. The number of hydrogen-bond acceptors (Lipinski definition) is 6. The molecule has 0 aliphatic carbocycles. The van der Waals surface area contributed by atoms with Crippen LogP contribution >= 0.6 is 11.3 Å². The first-order valence-electron chi connectivity index (χ1n) is 9.91. The molecule has 0 saturated carbocycles. The highest BCUT2D eigenvalue weighted by Gasteiger charge is 2.39. The molecule has 6 nitrogen and oxygen atoms in total. The zero-order valence-electron chi connectivity index (χ0n) is 16.5. The zero-order chi connectivity index (χ0) is 20.2. The molecule has 1 N–H and O–H groups in total. The smallest absolute Gasteiger partial charge is 0.278 e. The molecule has 0 bridgehead atoms. The average molecular weight is 412 g/mol. The SMILES string of the molecule is Cc1ccc(NC2=C(c3cccs3)C(=O)N(CCCN3CCOCC3)C2=O)cc1. The topological polar surface area (TPSA) is 61.9 Å². The highest BCUT2D eigenvalue weighted by atomic mass is 32.1. The fourth-order valence-corrected chi connectivity index (χ4v) is 4.37. The van der Waals surface area contributed by atoms with Gasteiger partial charge in [0, 0.05) is 36.7 Å². The molecule has 2 aromatic rings. The molecule has 1 fully saturated rings. The Morgan fingerprint density at radius 3 is 2.48 bits per heavy atom. The first kappa shape index (κ1) is 19.8. The van der Waals surface area contributed by atoms with Crippen LogP contribution in [0.3, 0.4) is 0 Å². The van der Waals surface area contributed by atoms with E-state index in [1.165, 1.54) is 16.2 Å². The van der Waals surface area contributed by atoms with Crippen LogP contribution in [0, 0.1) is 6.92 Å². The van der Waals surface area contributed by atoms with E-state index in [4.69, 9.17) is 4.74 Å². The standard InChI is InChI=1S/C22H25N3O3S/c1-16-5-7-17(8-6-16)23-20-19(18-4-2-15-29-18)21(26)25(22(20)27)10-3-9-24-11-13-28-14-12-24/h2,4-8,15,23H,3,9-14H2,1H3. The molecule has 2 aliphatic heterocycles. The maximum Gasteiger partial charge on any atom is 0.278 e. The second kappa shape index (κ2) is 8.90. The van der Waals surface area contributed by atoms with Gasteiger partial charge in [-0.1, -0.05) is 23.8 Å². The van der Waals surface area contributed by atoms with Gasteiger partial charge in [-0.05, 0) is 36.9 Å². The van der Waals surface area contributed by atoms with Gasteiger partial charge in [0.1, 0.15) is 5.70 Å². The second-order valence-electron chi connectivity index (χ2n) is 7.29. The fourth-order valence-electron chi connectivity index (χ4n) is 3.60. The molecule has 152 valence electrons. The maximum atomic E-state index is 13.1. The Kier molecular flexibility index (Phi) is 6.08. The van der Waals surface area contributed by atoms with E-state index in [-0.39, 0.29) is 11.8 Å². The largest absolute Gasteiger partial charge is 0.379 e. The molecular formula is C22H25N3O3S. The molecule has 1 aromatic carbocycles. The number of rotatable bonds is 7. The van der Waals surface area contributed by atoms with Crippen molar-refractivity contribution >= 4 is 34.4 Å². The van der Waals surface area contributed by atoms with Crippen LogP contribution in [0.15, 0.2) is 47.5 Å². The third-order valence-corrected chi connectivity index (χ3v) is 6.10. The van der Waals surface area contributed by atoms with Crippen LogP contribution in [0.4, 0.5) is 5.69 Å². The fraction of sp³-hybridized carbons (Fsp3) is 0.364. The van der Waals surface area contributed by atoms with Crippen molar-refractivity contribution in [2.45, 2.75) is 13.3 Å². The van der Waals surface area contributed by atoms with E-state index in [0.29, 0.717) is 17.8 Å². The van der Waals surface area contributed by atoms with Crippen molar-refractivity contribution in [1.29, 1.82) is 0 Å². The van der Waals surface area contributed by atoms with Crippen molar-refractivity contribution in [1.82, 2.24) is 9.80 Å². The normalized spacial score (nSPS) is 18.0. The number of thiophene rings is 1. The lowest BCUT2D eigenvalue weighted by Gasteiger charge is -2.27. The summed E-state index contributed by atoms with van der Waals surface area (Å²) < 4.78 is 5.37. The quantitative estimate of drug-likeness (QED) is 0.710. The Morgan fingerprint density at radius 1 is 1.03 bits per heavy atom. The molecule has 29 heavy (non-hydrogen) atoms. The maximum absolute atomic E-state index is 13.1. The summed E-state index contributed by atoms with van der Waals surface area (Å²) in [6.45, 7) is 6.59. The van der Waals surface area contributed by atoms with Crippen molar-refractivity contribution in [3.8, 4) is 0 Å². The van der Waals surface area contributed by atoms with E-state index >= 15 is 0 Å². The Morgan fingerprint density at radius 2 is 1.79 bits per heavy atom. The van der Waals surface area contributed by atoms with E-state index in [9.17, 15) is 9.59 Å². The highest BCUT2D eigenvalue weighted by Crippen LogP contribution is 2.33. The number of morpholine rings is 1. The number of benzene rings is 1. The average Bonchev–Trinajstić information content (AvgIpc) is 3.33. The lowest BCUT2D eigenvalue weighted by atomic mass is 10.1. The molecule has 4 rings (SSSR count). The molecule has 0 unspecified atom stereocenters. The number of carbonyl (C=O) groups excluding carboxylic acids is 2. The van der Waals surface area contributed by atoms with Gasteiger partial charge < -0.3 is 10.1 Å². The van der Waals surface area contributed by atoms with E-state index < -0.39 is 0 Å². The molecule has 1 aromatic heterocycles. The summed E-state index contributed by atoms with van der Waals surface area (Å²) in [5, 5.41) is 5.13. The Bertz CT molecular complexity index is 900. The van der Waals surface area contributed by atoms with Gasteiger partial charge in [0.05, 0.1) is 18.8 Å². The number of anilines is 1. The third-order valence-electron chi connectivity index (χ3n) is 5.22. The number of nitrogens with zero attached hydrogens (tertiary/aromatic N) is 2. The number of nitrogens with one attached hydrogen (secondary N) is 1. The van der Waals surface area contributed by atoms with Gasteiger partial charge in [-0.15, -0.1) is 11.3 Å². The Labute approximate surface area is 174 Å². The van der Waals surface area contributed by atoms with E-state index in [1.807, 2.05) is 48.7 Å². The number of ether oxygens (including phenoxy) is 1. The van der Waals surface area contributed by atoms with E-state index in [1.54, 1.807) is 0 Å². The minimum absolute atomic E-state index is 0.214. The monoisotopic (exact) mass is 411 g/mol. The molecule has 0 atom stereocenters. The van der Waals surface area contributed by atoms with Crippen LogP contribution in [0.5, 0.6) is 0 Å². The van der Waals surface area contributed by atoms with Crippen LogP contribution < -0.4 is 5.32 Å². The molecular weight excluding hydrogens is 386 g/mol. The predicted octanol–water partition coefficient (Wildman–Crippen LogP) is 2.97. The van der Waals surface area contributed by atoms with Gasteiger partial charge in [-0.3, -0.25) is 19.4 Å². The Balaban J connectivity index is 1.50. The van der Waals surface area contributed by atoms with Crippen molar-refractivity contribution in [2.75, 3.05) is 44.7 Å². The van der Waals surface area contributed by atoms with Crippen molar-refractivity contribution in [3.63, 3.8) is 0 Å². The molecule has 2 amide bonds. The van der Waals surface area contributed by atoms with E-state index in [0.717, 1.165) is 55.4 Å². The lowest BCUT2D eigenvalue weighted by molar-refractivity contribution is -0.136. The number of carbonyl (C=O) groups is 2. The first-order valence-corrected chi connectivity index (χ1v) is 10.8. The van der Waals surface area contributed by atoms with Crippen LogP contribution in [0.25, 0.3) is 5.57 Å². The predicted molar refractivity (Wildman–Crippen MR) is 115 cm³/mol. The molecule has 1 saturated heterocycles. The van der Waals surface area contributed by atoms with Gasteiger partial charge in [0.25, 0.3) is 11.8 Å². The minimum Gasteiger partial charge on any atom is -0.379 e. The third kappa shape index (κ3) is 4.42. The van der Waals surface area contributed by atoms with Crippen LogP contribution in [-0.2, 0) is 14.3 Å². The molecule has 2 aliphatic rings. The Hall–Kier alpha value is -2.48. The van der Waals surface area contributed by atoms with Crippen LogP contribution in [0.2, 0.25) is 0 Å². The summed E-state index contributed by atoms with van der Waals surface area (Å²) in [6.07, 6.45) is 0.757. The van der Waals surface area contributed by atoms with E-state index in [2.05, 4.69) is 10.2 Å². The van der Waals surface area contributed by atoms with Crippen LogP contribution in [0.1, 0.15) is 16.9 Å². The number of amides is 2. The summed E-state index contributed by atoms with van der Waals surface area (Å²) in [4.78, 5) is 30.8. The number of aryl methyl sites for hydroxylation is 1. The van der Waals surface area contributed by atoms with Crippen molar-refractivity contribution in [2.24, 2.45) is 0 Å². The van der Waals surface area contributed by atoms with Crippen molar-refractivity contribution in [3.05, 3.63) is 57.9 Å². The van der Waals surface area contributed by atoms with Gasteiger partial charge in [-0.25, -0.2) is 0 Å². The van der Waals surface area contributed by atoms with Gasteiger partial charge in [0.2, 0.25) is 0 Å². The molecule has 3 heterocycles. The van der Waals surface area contributed by atoms with Gasteiger partial charge in [0.15, 0.2) is 0 Å². The molecule has 7 heteroatoms. The minimum atomic E-state index is -0.249. The summed E-state index contributed by atoms with van der Waals surface area (Å²) in [6, 6.07) is 11.6. The lowest BCUT2D eigenvalue weighted by Crippen LogP contribution is -2.39. The second-order valence-corrected chi connectivity index (χ2v) is 8.24. The summed E-state index contributed by atoms with van der Waals surface area (Å²) >= 11 is 1.47. The summed E-state index contributed by atoms with van der Waals surface area (Å²) in [5.74, 6) is -0.463. The van der Waals surface area contributed by atoms with Crippen molar-refractivity contribution < 1.29 is 14.3 Å². The summed E-state index contributed by atoms with van der Waals surface area (Å²) in [5.41, 5.74) is 2.78. The number of imide groups is 1. The molecule has 0 radical (unpaired) electrons. The highest BCUT2D eigenvalue weighted by molar-refractivity contribution is 7.11. The van der Waals surface area contributed by atoms with Gasteiger partial charge >= 0.3 is 0 Å². The van der Waals surface area contributed by atoms with Gasteiger partial charge in [-0.2, -0.15) is 0 Å². The van der Waals surface area contributed by atoms with Crippen LogP contribution in [-0.4, -0.2) is 61.0 Å². The molecule has 0 spiro atoms. The number of hydrogen-bond donors (Lipinski definition) is 1. The first-order chi connectivity index (χ1) is 14.1. The summed E-state index contributed by atoms with van der Waals surface area (Å²) in [7, 11) is 0.